The number of ether oxygens (including phenoxy) is 2. The molecule has 0 saturated carbocycles. The average molecular weight is 890 g/mol. The number of rotatable bonds is 12. The molecule has 1 fully saturated rings. The van der Waals surface area contributed by atoms with Crippen molar-refractivity contribution in [2.24, 2.45) is 0 Å². The number of nitrogens with one attached hydrogen (secondary N) is 2. The monoisotopic (exact) mass is 888 g/mol. The Labute approximate surface area is 362 Å². The number of esters is 2. The molecular weight excluding hydrogens is 831 g/mol. The zero-order valence-electron chi connectivity index (χ0n) is 36.7. The summed E-state index contributed by atoms with van der Waals surface area (Å²) in [5.74, 6) is 2.61. The van der Waals surface area contributed by atoms with E-state index in [-0.39, 0.29) is 24.1 Å². The molecule has 322 valence electrons. The molecule has 2 aromatic carbocycles. The Hall–Kier alpha value is -5.32. The van der Waals surface area contributed by atoms with Gasteiger partial charge in [0.25, 0.3) is 0 Å². The molecule has 0 spiro atoms. The number of carbonyl (C=O) groups is 2. The van der Waals surface area contributed by atoms with Gasteiger partial charge in [0.15, 0.2) is 0 Å². The summed E-state index contributed by atoms with van der Waals surface area (Å²) in [6, 6.07) is 10.9. The molecule has 5 rings (SSSR count). The molecule has 0 amide bonds. The van der Waals surface area contributed by atoms with Crippen molar-refractivity contribution in [3.63, 3.8) is 0 Å². The van der Waals surface area contributed by atoms with Gasteiger partial charge in [0.05, 0.1) is 47.2 Å². The van der Waals surface area contributed by atoms with Crippen LogP contribution in [0.15, 0.2) is 59.0 Å². The van der Waals surface area contributed by atoms with Crippen LogP contribution in [0.25, 0.3) is 6.08 Å². The van der Waals surface area contributed by atoms with Gasteiger partial charge in [0.1, 0.15) is 22.6 Å². The molecule has 0 unspecified atom stereocenters. The number of carbonyl (C=O) groups excluding carboxylic acids is 2. The minimum absolute atomic E-state index is 0.277. The van der Waals surface area contributed by atoms with Crippen LogP contribution in [0.3, 0.4) is 0 Å². The summed E-state index contributed by atoms with van der Waals surface area (Å²) in [6.07, 6.45) is 5.73. The van der Waals surface area contributed by atoms with E-state index in [9.17, 15) is 14.7 Å². The number of aryl methyl sites for hydroxylation is 6. The van der Waals surface area contributed by atoms with E-state index in [2.05, 4.69) is 46.5 Å². The lowest BCUT2D eigenvalue weighted by atomic mass is 9.90. The maximum absolute atomic E-state index is 11.9. The summed E-state index contributed by atoms with van der Waals surface area (Å²) in [5, 5.41) is 25.0. The van der Waals surface area contributed by atoms with Gasteiger partial charge in [-0.25, -0.2) is 29.5 Å². The fraction of sp³-hybridized carbons (Fsp3) is 0.409. The highest BCUT2D eigenvalue weighted by atomic mass is 79.9. The van der Waals surface area contributed by atoms with E-state index >= 15 is 0 Å². The van der Waals surface area contributed by atoms with Crippen LogP contribution >= 0.6 is 15.9 Å². The standard InChI is InChI=1S/C19H23N3O3.C18H28BN3O4.C7H7BrO/c1-5-25-18(24)17-13(3)21-19(22-14(17)4)20-10-6-7-15-9-8-12(2)16(23)11-15;1-8-24-15(23)14-12(2)21-16(22-13(14)3)20-11-9-10-19-25-17(4,5)18(6,7)26-19;1-5-2-3-6(8)4-7(5)9/h6-9,11,23H,5,10H2,1-4H3,(H,20,21,22);9-10H,8,11H2,1-7H3,(H,20,21,22);2-4,9H,1H3/b7-6+;10-9+;. The van der Waals surface area contributed by atoms with Crippen molar-refractivity contribution in [3.05, 3.63) is 110 Å². The third kappa shape index (κ3) is 14.2. The molecular formula is C44H58BBrN6O8. The predicted octanol–water partition coefficient (Wildman–Crippen LogP) is 8.74. The van der Waals surface area contributed by atoms with Crippen molar-refractivity contribution in [1.29, 1.82) is 0 Å². The van der Waals surface area contributed by atoms with E-state index in [0.29, 0.717) is 77.9 Å². The molecule has 0 atom stereocenters. The number of nitrogens with zero attached hydrogens (tertiary/aromatic N) is 4. The van der Waals surface area contributed by atoms with Crippen LogP contribution in [0, 0.1) is 41.5 Å². The fourth-order valence-electron chi connectivity index (χ4n) is 5.54. The van der Waals surface area contributed by atoms with Crippen molar-refractivity contribution in [1.82, 2.24) is 19.9 Å². The number of phenolic OH excluding ortho intramolecular Hbond substituents is 2. The van der Waals surface area contributed by atoms with Crippen LogP contribution in [0.4, 0.5) is 11.9 Å². The molecule has 16 heteroatoms. The predicted molar refractivity (Wildman–Crippen MR) is 240 cm³/mol. The third-order valence-corrected chi connectivity index (χ3v) is 10.0. The molecule has 4 N–H and O–H groups in total. The van der Waals surface area contributed by atoms with Crippen LogP contribution in [0.2, 0.25) is 0 Å². The second-order valence-electron chi connectivity index (χ2n) is 14.8. The van der Waals surface area contributed by atoms with E-state index in [1.165, 1.54) is 0 Å². The lowest BCUT2D eigenvalue weighted by molar-refractivity contribution is 0.00578. The Morgan fingerprint density at radius 2 is 1.12 bits per heavy atom. The highest BCUT2D eigenvalue weighted by Gasteiger charge is 2.50. The van der Waals surface area contributed by atoms with Crippen molar-refractivity contribution < 1.29 is 38.6 Å². The van der Waals surface area contributed by atoms with E-state index in [0.717, 1.165) is 21.2 Å². The number of hydrogen-bond donors (Lipinski definition) is 4. The Morgan fingerprint density at radius 1 is 0.700 bits per heavy atom. The number of anilines is 2. The zero-order chi connectivity index (χ0) is 44.8. The van der Waals surface area contributed by atoms with Gasteiger partial charge in [-0.1, -0.05) is 58.3 Å². The Balaban J connectivity index is 0.000000266. The number of phenols is 2. The van der Waals surface area contributed by atoms with Crippen molar-refractivity contribution >= 4 is 53.0 Å². The first kappa shape index (κ1) is 49.0. The molecule has 4 aromatic rings. The van der Waals surface area contributed by atoms with Gasteiger partial charge in [0.2, 0.25) is 11.9 Å². The first-order chi connectivity index (χ1) is 28.2. The summed E-state index contributed by atoms with van der Waals surface area (Å²) in [5.41, 5.74) is 5.14. The van der Waals surface area contributed by atoms with E-state index in [1.807, 2.05) is 90.0 Å². The SMILES string of the molecule is CCOC(=O)c1c(C)nc(NC/C=C/B2OC(C)(C)C(C)(C)O2)nc1C.CCOC(=O)c1c(C)nc(NC/C=C/c2ccc(C)c(O)c2)nc1C.Cc1ccc(Br)cc1O. The Bertz CT molecular complexity index is 2120. The normalized spacial score (nSPS) is 13.9. The molecule has 60 heavy (non-hydrogen) atoms. The molecule has 1 aliphatic heterocycles. The van der Waals surface area contributed by atoms with Crippen LogP contribution in [0.5, 0.6) is 11.5 Å². The summed E-state index contributed by atoms with van der Waals surface area (Å²) < 4.78 is 22.8. The zero-order valence-corrected chi connectivity index (χ0v) is 38.3. The first-order valence-electron chi connectivity index (χ1n) is 19.7. The van der Waals surface area contributed by atoms with E-state index < -0.39 is 11.9 Å². The maximum atomic E-state index is 11.9. The van der Waals surface area contributed by atoms with Gasteiger partial charge in [-0.05, 0) is 118 Å². The largest absolute Gasteiger partial charge is 0.508 e. The van der Waals surface area contributed by atoms with Crippen LogP contribution in [0.1, 0.15) is 102 Å². The molecule has 2 aromatic heterocycles. The Morgan fingerprint density at radius 3 is 1.52 bits per heavy atom. The smallest absolute Gasteiger partial charge is 0.486 e. The van der Waals surface area contributed by atoms with E-state index in [4.69, 9.17) is 23.9 Å². The summed E-state index contributed by atoms with van der Waals surface area (Å²) in [6.45, 7) is 24.1. The van der Waals surface area contributed by atoms with Gasteiger partial charge >= 0.3 is 19.1 Å². The number of aromatic hydroxyl groups is 2. The highest BCUT2D eigenvalue weighted by Crippen LogP contribution is 2.36. The number of halogens is 1. The average Bonchev–Trinajstić information content (AvgIpc) is 3.36. The van der Waals surface area contributed by atoms with Gasteiger partial charge < -0.3 is 39.6 Å². The van der Waals surface area contributed by atoms with Crippen LogP contribution < -0.4 is 10.6 Å². The molecule has 14 nitrogen and oxygen atoms in total. The van der Waals surface area contributed by atoms with Crippen molar-refractivity contribution in [3.8, 4) is 11.5 Å². The fourth-order valence-corrected chi connectivity index (χ4v) is 5.89. The molecule has 0 aliphatic carbocycles. The van der Waals surface area contributed by atoms with Gasteiger partial charge in [0, 0.05) is 17.6 Å². The number of hydrogen-bond acceptors (Lipinski definition) is 14. The topological polar surface area (TPSA) is 187 Å². The number of benzene rings is 2. The van der Waals surface area contributed by atoms with E-state index in [1.54, 1.807) is 53.7 Å². The second-order valence-corrected chi connectivity index (χ2v) is 15.7. The number of aromatic nitrogens is 4. The van der Waals surface area contributed by atoms with Gasteiger partial charge in [-0.3, -0.25) is 0 Å². The summed E-state index contributed by atoms with van der Waals surface area (Å²) in [7, 11) is -0.377. The van der Waals surface area contributed by atoms with Crippen molar-refractivity contribution in [2.45, 2.75) is 94.3 Å². The highest BCUT2D eigenvalue weighted by molar-refractivity contribution is 9.10. The minimum atomic E-state index is -0.400. The maximum Gasteiger partial charge on any atom is 0.486 e. The summed E-state index contributed by atoms with van der Waals surface area (Å²) >= 11 is 3.24. The Kier molecular flexibility index (Phi) is 18.3. The molecule has 0 radical (unpaired) electrons. The van der Waals surface area contributed by atoms with Crippen molar-refractivity contribution in [2.75, 3.05) is 36.9 Å². The van der Waals surface area contributed by atoms with Crippen LogP contribution in [-0.4, -0.2) is 86.7 Å². The lowest BCUT2D eigenvalue weighted by Gasteiger charge is -2.32. The van der Waals surface area contributed by atoms with Crippen LogP contribution in [-0.2, 0) is 18.8 Å². The van der Waals surface area contributed by atoms with Gasteiger partial charge in [-0.2, -0.15) is 0 Å². The molecule has 0 bridgehead atoms. The first-order valence-corrected chi connectivity index (χ1v) is 20.4. The summed E-state index contributed by atoms with van der Waals surface area (Å²) in [4.78, 5) is 41.1. The molecule has 3 heterocycles. The van der Waals surface area contributed by atoms with Gasteiger partial charge in [-0.15, -0.1) is 0 Å². The quantitative estimate of drug-likeness (QED) is 0.0781. The third-order valence-electron chi connectivity index (χ3n) is 9.54. The second kappa shape index (κ2) is 22.3. The molecule has 1 aliphatic rings. The lowest BCUT2D eigenvalue weighted by Crippen LogP contribution is -2.41. The minimum Gasteiger partial charge on any atom is -0.508 e. The molecule has 1 saturated heterocycles.